The van der Waals surface area contributed by atoms with E-state index in [4.69, 9.17) is 14.7 Å². The molecule has 0 aromatic heterocycles. The first-order chi connectivity index (χ1) is 9.22. The maximum atomic E-state index is 8.44. The van der Waals surface area contributed by atoms with E-state index in [-0.39, 0.29) is 0 Å². The van der Waals surface area contributed by atoms with Gasteiger partial charge in [-0.15, -0.1) is 0 Å². The number of unbranched alkanes of at least 4 members (excludes halogenated alkanes) is 2. The molecular weight excluding hydrogens is 355 g/mol. The van der Waals surface area contributed by atoms with Crippen molar-refractivity contribution < 1.29 is 9.47 Å². The van der Waals surface area contributed by atoms with Gasteiger partial charge in [-0.25, -0.2) is 0 Å². The molecule has 0 saturated carbocycles. The molecule has 0 amide bonds. The lowest BCUT2D eigenvalue weighted by Gasteiger charge is -2.12. The van der Waals surface area contributed by atoms with E-state index < -0.39 is 0 Å². The summed E-state index contributed by atoms with van der Waals surface area (Å²) in [6.07, 6.45) is 2.61. The largest absolute Gasteiger partial charge is 0.493 e. The van der Waals surface area contributed by atoms with E-state index in [9.17, 15) is 0 Å². The van der Waals surface area contributed by atoms with Crippen molar-refractivity contribution in [3.05, 3.63) is 21.3 Å². The number of rotatable bonds is 8. The van der Waals surface area contributed by atoms with Gasteiger partial charge in [0.2, 0.25) is 0 Å². The van der Waals surface area contributed by atoms with Gasteiger partial charge in [0.15, 0.2) is 11.5 Å². The predicted molar refractivity (Wildman–Crippen MR) is 83.4 cm³/mol. The molecule has 0 bridgehead atoms. The first kappa shape index (κ1) is 16.1. The van der Waals surface area contributed by atoms with Gasteiger partial charge >= 0.3 is 0 Å². The molecule has 0 aliphatic heterocycles. The van der Waals surface area contributed by atoms with E-state index in [1.54, 1.807) is 14.2 Å². The van der Waals surface area contributed by atoms with E-state index in [1.165, 1.54) is 5.56 Å². The molecule has 0 heterocycles. The second kappa shape index (κ2) is 8.99. The van der Waals surface area contributed by atoms with Gasteiger partial charge in [-0.05, 0) is 59.7 Å². The van der Waals surface area contributed by atoms with E-state index >= 15 is 0 Å². The van der Waals surface area contributed by atoms with Gasteiger partial charge in [0.25, 0.3) is 0 Å². The third-order valence-electron chi connectivity index (χ3n) is 2.71. The lowest BCUT2D eigenvalue weighted by atomic mass is 10.2. The summed E-state index contributed by atoms with van der Waals surface area (Å²) in [6, 6.07) is 6.23. The standard InChI is InChI=1S/C14H19IN2O2/c1-18-13-9-11(8-12(15)14(13)19-2)10-17-7-5-3-4-6-16/h8-9,17H,3-5,7,10H2,1-2H3. The number of benzene rings is 1. The van der Waals surface area contributed by atoms with Crippen molar-refractivity contribution in [1.82, 2.24) is 5.32 Å². The lowest BCUT2D eigenvalue weighted by Crippen LogP contribution is -2.14. The Morgan fingerprint density at radius 3 is 2.68 bits per heavy atom. The van der Waals surface area contributed by atoms with Crippen LogP contribution in [-0.2, 0) is 6.54 Å². The van der Waals surface area contributed by atoms with Crippen LogP contribution in [0.2, 0.25) is 0 Å². The summed E-state index contributed by atoms with van der Waals surface area (Å²) >= 11 is 2.25. The molecule has 1 aromatic rings. The van der Waals surface area contributed by atoms with Crippen LogP contribution >= 0.6 is 22.6 Å². The quantitative estimate of drug-likeness (QED) is 0.561. The molecule has 5 heteroatoms. The Hall–Kier alpha value is -1.00. The minimum absolute atomic E-state index is 0.635. The third kappa shape index (κ3) is 5.25. The van der Waals surface area contributed by atoms with Crippen molar-refractivity contribution in [3.63, 3.8) is 0 Å². The van der Waals surface area contributed by atoms with Crippen LogP contribution < -0.4 is 14.8 Å². The second-order valence-corrected chi connectivity index (χ2v) is 5.27. The number of halogens is 1. The van der Waals surface area contributed by atoms with Crippen LogP contribution in [0, 0.1) is 14.9 Å². The highest BCUT2D eigenvalue weighted by Gasteiger charge is 2.09. The highest BCUT2D eigenvalue weighted by Crippen LogP contribution is 2.33. The molecule has 104 valence electrons. The minimum Gasteiger partial charge on any atom is -0.493 e. The molecule has 0 unspecified atom stereocenters. The summed E-state index contributed by atoms with van der Waals surface area (Å²) in [5, 5.41) is 11.8. The topological polar surface area (TPSA) is 54.3 Å². The van der Waals surface area contributed by atoms with Gasteiger partial charge < -0.3 is 14.8 Å². The second-order valence-electron chi connectivity index (χ2n) is 4.11. The van der Waals surface area contributed by atoms with Crippen molar-refractivity contribution in [3.8, 4) is 17.6 Å². The Labute approximate surface area is 128 Å². The Morgan fingerprint density at radius 1 is 1.26 bits per heavy atom. The summed E-state index contributed by atoms with van der Waals surface area (Å²) in [4.78, 5) is 0. The molecule has 19 heavy (non-hydrogen) atoms. The lowest BCUT2D eigenvalue weighted by molar-refractivity contribution is 0.352. The first-order valence-electron chi connectivity index (χ1n) is 6.21. The van der Waals surface area contributed by atoms with Gasteiger partial charge in [-0.2, -0.15) is 5.26 Å². The van der Waals surface area contributed by atoms with Crippen molar-refractivity contribution in [1.29, 1.82) is 5.26 Å². The molecule has 0 aliphatic carbocycles. The number of hydrogen-bond donors (Lipinski definition) is 1. The number of nitriles is 1. The van der Waals surface area contributed by atoms with Crippen molar-refractivity contribution >= 4 is 22.6 Å². The van der Waals surface area contributed by atoms with Crippen LogP contribution in [0.5, 0.6) is 11.5 Å². The summed E-state index contributed by atoms with van der Waals surface area (Å²) in [7, 11) is 3.29. The van der Waals surface area contributed by atoms with Gasteiger partial charge in [0.1, 0.15) is 0 Å². The molecule has 1 aromatic carbocycles. The molecule has 0 fully saturated rings. The van der Waals surface area contributed by atoms with Crippen molar-refractivity contribution in [2.75, 3.05) is 20.8 Å². The number of ether oxygens (including phenoxy) is 2. The SMILES string of the molecule is COc1cc(CNCCCCC#N)cc(I)c1OC. The molecule has 0 atom stereocenters. The molecule has 0 spiro atoms. The Bertz CT molecular complexity index is 444. The van der Waals surface area contributed by atoms with Gasteiger partial charge in [-0.1, -0.05) is 0 Å². The van der Waals surface area contributed by atoms with Crippen LogP contribution in [0.3, 0.4) is 0 Å². The van der Waals surface area contributed by atoms with Crippen LogP contribution in [0.1, 0.15) is 24.8 Å². The fourth-order valence-corrected chi connectivity index (χ4v) is 2.65. The number of nitrogens with one attached hydrogen (secondary N) is 1. The zero-order valence-electron chi connectivity index (χ0n) is 11.3. The highest BCUT2D eigenvalue weighted by molar-refractivity contribution is 14.1. The average Bonchev–Trinajstić information content (AvgIpc) is 2.42. The molecule has 0 saturated heterocycles. The zero-order valence-corrected chi connectivity index (χ0v) is 13.5. The first-order valence-corrected chi connectivity index (χ1v) is 7.28. The molecule has 0 aliphatic rings. The number of hydrogen-bond acceptors (Lipinski definition) is 4. The average molecular weight is 374 g/mol. The van der Waals surface area contributed by atoms with E-state index in [2.05, 4.69) is 40.0 Å². The maximum Gasteiger partial charge on any atom is 0.174 e. The Balaban J connectivity index is 2.51. The molecule has 4 nitrogen and oxygen atoms in total. The van der Waals surface area contributed by atoms with Crippen molar-refractivity contribution in [2.24, 2.45) is 0 Å². The van der Waals surface area contributed by atoms with Gasteiger partial charge in [0, 0.05) is 13.0 Å². The normalized spacial score (nSPS) is 10.0. The summed E-state index contributed by atoms with van der Waals surface area (Å²) in [5.74, 6) is 1.54. The summed E-state index contributed by atoms with van der Waals surface area (Å²) in [6.45, 7) is 1.72. The minimum atomic E-state index is 0.635. The molecule has 1 rings (SSSR count). The zero-order chi connectivity index (χ0) is 14.1. The number of methoxy groups -OCH3 is 2. The smallest absolute Gasteiger partial charge is 0.174 e. The summed E-state index contributed by atoms with van der Waals surface area (Å²) in [5.41, 5.74) is 1.17. The van der Waals surface area contributed by atoms with Crippen LogP contribution in [0.25, 0.3) is 0 Å². The van der Waals surface area contributed by atoms with E-state index in [0.29, 0.717) is 6.42 Å². The van der Waals surface area contributed by atoms with Crippen LogP contribution in [0.4, 0.5) is 0 Å². The van der Waals surface area contributed by atoms with Gasteiger partial charge in [-0.3, -0.25) is 0 Å². The van der Waals surface area contributed by atoms with E-state index in [1.807, 2.05) is 6.07 Å². The monoisotopic (exact) mass is 374 g/mol. The van der Waals surface area contributed by atoms with E-state index in [0.717, 1.165) is 41.0 Å². The fourth-order valence-electron chi connectivity index (χ4n) is 1.76. The van der Waals surface area contributed by atoms with Crippen LogP contribution in [0.15, 0.2) is 12.1 Å². The summed E-state index contributed by atoms with van der Waals surface area (Å²) < 4.78 is 11.7. The number of nitrogens with zero attached hydrogens (tertiary/aromatic N) is 1. The Morgan fingerprint density at radius 2 is 2.05 bits per heavy atom. The Kier molecular flexibility index (Phi) is 7.60. The maximum absolute atomic E-state index is 8.44. The predicted octanol–water partition coefficient (Wildman–Crippen LogP) is 3.09. The molecule has 0 radical (unpaired) electrons. The van der Waals surface area contributed by atoms with Crippen LogP contribution in [-0.4, -0.2) is 20.8 Å². The molecule has 1 N–H and O–H groups in total. The molecular formula is C14H19IN2O2. The van der Waals surface area contributed by atoms with Gasteiger partial charge in [0.05, 0.1) is 23.9 Å². The third-order valence-corrected chi connectivity index (χ3v) is 3.52. The highest BCUT2D eigenvalue weighted by atomic mass is 127. The fraction of sp³-hybridized carbons (Fsp3) is 0.500. The van der Waals surface area contributed by atoms with Crippen molar-refractivity contribution in [2.45, 2.75) is 25.8 Å².